The molecule has 0 amide bonds. The summed E-state index contributed by atoms with van der Waals surface area (Å²) in [5.41, 5.74) is -1.67. The van der Waals surface area contributed by atoms with Gasteiger partial charge >= 0.3 is 12.4 Å². The summed E-state index contributed by atoms with van der Waals surface area (Å²) in [6.45, 7) is 0. The smallest absolute Gasteiger partial charge is 0.421 e. The van der Waals surface area contributed by atoms with E-state index in [0.717, 1.165) is 16.8 Å². The molecule has 0 N–H and O–H groups in total. The molecule has 0 bridgehead atoms. The number of hydrogen-bond acceptors (Lipinski definition) is 4. The van der Waals surface area contributed by atoms with Gasteiger partial charge in [-0.25, -0.2) is 9.67 Å². The van der Waals surface area contributed by atoms with E-state index in [1.807, 2.05) is 0 Å². The molecule has 5 nitrogen and oxygen atoms in total. The number of hydrogen-bond donors (Lipinski definition) is 0. The third-order valence-electron chi connectivity index (χ3n) is 3.44. The number of nitrogens with zero attached hydrogens (tertiary/aromatic N) is 4. The summed E-state index contributed by atoms with van der Waals surface area (Å²) in [6, 6.07) is 6.14. The third kappa shape index (κ3) is 4.18. The fourth-order valence-electron chi connectivity index (χ4n) is 2.14. The number of halogens is 6. The van der Waals surface area contributed by atoms with Crippen LogP contribution in [-0.4, -0.2) is 19.7 Å². The maximum absolute atomic E-state index is 12.7. The van der Waals surface area contributed by atoms with Crippen LogP contribution in [0.1, 0.15) is 11.3 Å². The first kappa shape index (κ1) is 18.7. The van der Waals surface area contributed by atoms with Gasteiger partial charge in [-0.1, -0.05) is 12.1 Å². The first-order chi connectivity index (χ1) is 12.5. The van der Waals surface area contributed by atoms with Crippen molar-refractivity contribution in [2.45, 2.75) is 12.4 Å². The van der Waals surface area contributed by atoms with Crippen LogP contribution in [0.4, 0.5) is 26.3 Å². The van der Waals surface area contributed by atoms with Crippen LogP contribution in [0.15, 0.2) is 42.6 Å². The molecule has 0 atom stereocenters. The monoisotopic (exact) mass is 388 g/mol. The molecule has 0 radical (unpaired) electrons. The largest absolute Gasteiger partial charge is 0.435 e. The molecule has 0 saturated carbocycles. The van der Waals surface area contributed by atoms with Gasteiger partial charge in [-0.3, -0.25) is 0 Å². The Balaban J connectivity index is 1.85. The molecule has 3 aromatic rings. The minimum Gasteiger partial charge on any atom is -0.421 e. The lowest BCUT2D eigenvalue weighted by atomic mass is 10.1. The van der Waals surface area contributed by atoms with Gasteiger partial charge in [-0.15, -0.1) is 0 Å². The topological polar surface area (TPSA) is 52.8 Å². The highest BCUT2D eigenvalue weighted by Crippen LogP contribution is 2.32. The number of rotatable bonds is 3. The van der Waals surface area contributed by atoms with Gasteiger partial charge in [0.05, 0.1) is 5.56 Å². The van der Waals surface area contributed by atoms with E-state index in [1.165, 1.54) is 31.4 Å². The highest BCUT2D eigenvalue weighted by molar-refractivity contribution is 5.56. The zero-order valence-electron chi connectivity index (χ0n) is 13.5. The number of ether oxygens (including phenoxy) is 1. The predicted octanol–water partition coefficient (Wildman–Crippen LogP) is 4.71. The quantitative estimate of drug-likeness (QED) is 0.610. The Kier molecular flexibility index (Phi) is 4.54. The summed E-state index contributed by atoms with van der Waals surface area (Å²) in [4.78, 5) is 7.94. The van der Waals surface area contributed by atoms with E-state index in [9.17, 15) is 26.3 Å². The van der Waals surface area contributed by atoms with Crippen LogP contribution in [0.5, 0.6) is 11.8 Å². The minimum atomic E-state index is -4.63. The van der Waals surface area contributed by atoms with Gasteiger partial charge in [0.25, 0.3) is 0 Å². The average molecular weight is 388 g/mol. The fourth-order valence-corrected chi connectivity index (χ4v) is 2.14. The van der Waals surface area contributed by atoms with Crippen LogP contribution in [0.3, 0.4) is 0 Å². The maximum Gasteiger partial charge on any atom is 0.435 e. The Hall–Kier alpha value is -3.11. The summed E-state index contributed by atoms with van der Waals surface area (Å²) in [5.74, 6) is -0.240. The van der Waals surface area contributed by atoms with Gasteiger partial charge in [0.2, 0.25) is 11.8 Å². The van der Waals surface area contributed by atoms with Crippen LogP contribution in [0.2, 0.25) is 0 Å². The molecule has 2 aromatic heterocycles. The molecule has 0 aliphatic rings. The van der Waals surface area contributed by atoms with Crippen molar-refractivity contribution in [1.82, 2.24) is 19.7 Å². The van der Waals surface area contributed by atoms with Crippen molar-refractivity contribution in [3.05, 3.63) is 53.9 Å². The molecule has 0 saturated heterocycles. The van der Waals surface area contributed by atoms with E-state index in [0.29, 0.717) is 6.07 Å². The highest BCUT2D eigenvalue weighted by Gasteiger charge is 2.35. The van der Waals surface area contributed by atoms with E-state index in [2.05, 4.69) is 15.1 Å². The molecular weight excluding hydrogens is 378 g/mol. The first-order valence-electron chi connectivity index (χ1n) is 7.34. The fraction of sp³-hybridized carbons (Fsp3) is 0.188. The molecule has 11 heteroatoms. The summed E-state index contributed by atoms with van der Waals surface area (Å²) in [7, 11) is 1.27. The van der Waals surface area contributed by atoms with Crippen molar-refractivity contribution in [2.24, 2.45) is 7.05 Å². The standard InChI is InChI=1S/C16H10F6N4O/c1-26-13(8-11(25-26)16(20,21)22)27-12-6-7-23-14(24-12)9-2-4-10(5-3-9)15(17,18)19/h2-8H,1H3. The van der Waals surface area contributed by atoms with Crippen molar-refractivity contribution in [3.63, 3.8) is 0 Å². The molecule has 0 spiro atoms. The van der Waals surface area contributed by atoms with Crippen LogP contribution < -0.4 is 4.74 Å². The van der Waals surface area contributed by atoms with E-state index in [1.54, 1.807) is 0 Å². The number of aryl methyl sites for hydroxylation is 1. The summed E-state index contributed by atoms with van der Waals surface area (Å²) in [6.07, 6.45) is -7.83. The zero-order valence-corrected chi connectivity index (χ0v) is 13.5. The zero-order chi connectivity index (χ0) is 19.8. The lowest BCUT2D eigenvalue weighted by Crippen LogP contribution is -2.06. The molecule has 0 unspecified atom stereocenters. The maximum atomic E-state index is 12.7. The van der Waals surface area contributed by atoms with Gasteiger partial charge in [0.15, 0.2) is 11.5 Å². The van der Waals surface area contributed by atoms with Gasteiger partial charge in [-0.05, 0) is 12.1 Å². The molecule has 142 valence electrons. The van der Waals surface area contributed by atoms with Crippen molar-refractivity contribution >= 4 is 0 Å². The van der Waals surface area contributed by atoms with Gasteiger partial charge in [0.1, 0.15) is 0 Å². The lowest BCUT2D eigenvalue weighted by Gasteiger charge is -2.08. The van der Waals surface area contributed by atoms with Crippen molar-refractivity contribution < 1.29 is 31.1 Å². The molecular formula is C16H10F6N4O. The van der Waals surface area contributed by atoms with Crippen LogP contribution >= 0.6 is 0 Å². The number of aromatic nitrogens is 4. The van der Waals surface area contributed by atoms with Crippen LogP contribution in [0, 0.1) is 0 Å². The average Bonchev–Trinajstić information content (AvgIpc) is 2.96. The van der Waals surface area contributed by atoms with Gasteiger partial charge < -0.3 is 4.74 Å². The molecule has 3 rings (SSSR count). The van der Waals surface area contributed by atoms with Crippen molar-refractivity contribution in [3.8, 4) is 23.1 Å². The van der Waals surface area contributed by atoms with E-state index in [-0.39, 0.29) is 23.1 Å². The molecule has 0 aliphatic carbocycles. The lowest BCUT2D eigenvalue weighted by molar-refractivity contribution is -0.141. The summed E-state index contributed by atoms with van der Waals surface area (Å²) >= 11 is 0. The van der Waals surface area contributed by atoms with E-state index >= 15 is 0 Å². The Morgan fingerprint density at radius 2 is 1.59 bits per heavy atom. The molecule has 0 fully saturated rings. The summed E-state index contributed by atoms with van der Waals surface area (Å²) in [5, 5.41) is 3.31. The van der Waals surface area contributed by atoms with Crippen molar-refractivity contribution in [2.75, 3.05) is 0 Å². The second-order valence-corrected chi connectivity index (χ2v) is 5.38. The molecule has 2 heterocycles. The normalized spacial score (nSPS) is 12.3. The number of alkyl halides is 6. The van der Waals surface area contributed by atoms with Gasteiger partial charge in [-0.2, -0.15) is 36.4 Å². The number of benzene rings is 1. The minimum absolute atomic E-state index is 0.0550. The van der Waals surface area contributed by atoms with E-state index < -0.39 is 23.6 Å². The van der Waals surface area contributed by atoms with E-state index in [4.69, 9.17) is 4.74 Å². The van der Waals surface area contributed by atoms with Crippen LogP contribution in [-0.2, 0) is 19.4 Å². The van der Waals surface area contributed by atoms with Crippen LogP contribution in [0.25, 0.3) is 11.4 Å². The highest BCUT2D eigenvalue weighted by atomic mass is 19.4. The Bertz CT molecular complexity index is 947. The Morgan fingerprint density at radius 3 is 2.15 bits per heavy atom. The van der Waals surface area contributed by atoms with Gasteiger partial charge in [0, 0.05) is 30.9 Å². The summed E-state index contributed by atoms with van der Waals surface area (Å²) < 4.78 is 82.1. The van der Waals surface area contributed by atoms with Crippen molar-refractivity contribution in [1.29, 1.82) is 0 Å². The Morgan fingerprint density at radius 1 is 0.926 bits per heavy atom. The second kappa shape index (κ2) is 6.56. The molecule has 1 aromatic carbocycles. The predicted molar refractivity (Wildman–Crippen MR) is 80.8 cm³/mol. The third-order valence-corrected chi connectivity index (χ3v) is 3.44. The Labute approximate surface area is 148 Å². The second-order valence-electron chi connectivity index (χ2n) is 5.38. The molecule has 27 heavy (non-hydrogen) atoms. The molecule has 0 aliphatic heterocycles. The SMILES string of the molecule is Cn1nc(C(F)(F)F)cc1Oc1ccnc(-c2ccc(C(F)(F)F)cc2)n1. The first-order valence-corrected chi connectivity index (χ1v) is 7.34.